The molecule has 41 heavy (non-hydrogen) atoms. The van der Waals surface area contributed by atoms with Crippen molar-refractivity contribution in [2.75, 3.05) is 11.9 Å². The minimum absolute atomic E-state index is 0.0765. The maximum atomic E-state index is 13.6. The fourth-order valence-electron chi connectivity index (χ4n) is 5.39. The van der Waals surface area contributed by atoms with Crippen LogP contribution in [0.2, 0.25) is 5.02 Å². The van der Waals surface area contributed by atoms with E-state index in [0.29, 0.717) is 18.6 Å². The monoisotopic (exact) mass is 731 g/mol. The SMILES string of the molecule is O=C(Nc1cc(F)c(F)c(F)c1)c1ccc(Cl)c(S(=O)(=O)C2CC3CC(C2)C3(O)[I-]NC(=O)[C@H]2OC[C@H](O)[C@@H]2O)c1. The van der Waals surface area contributed by atoms with Crippen molar-refractivity contribution in [3.63, 3.8) is 0 Å². The molecule has 5 N–H and O–H groups in total. The Balaban J connectivity index is 1.27. The summed E-state index contributed by atoms with van der Waals surface area (Å²) >= 11 is 4.81. The summed E-state index contributed by atoms with van der Waals surface area (Å²) in [7, 11) is -4.10. The number of aliphatic hydroxyl groups is 3. The summed E-state index contributed by atoms with van der Waals surface area (Å²) in [6, 6.07) is 4.63. The zero-order chi connectivity index (χ0) is 29.9. The van der Waals surface area contributed by atoms with Crippen LogP contribution in [0.3, 0.4) is 0 Å². The molecule has 1 aliphatic heterocycles. The summed E-state index contributed by atoms with van der Waals surface area (Å²) in [5.74, 6) is -7.15. The van der Waals surface area contributed by atoms with E-state index in [2.05, 4.69) is 8.85 Å². The maximum absolute atomic E-state index is 13.6. The normalized spacial score (nSPS) is 31.0. The van der Waals surface area contributed by atoms with Crippen molar-refractivity contribution in [2.24, 2.45) is 11.8 Å². The molecule has 1 saturated heterocycles. The summed E-state index contributed by atoms with van der Waals surface area (Å²) < 4.78 is 73.9. The predicted molar refractivity (Wildman–Crippen MR) is 132 cm³/mol. The van der Waals surface area contributed by atoms with E-state index >= 15 is 0 Å². The van der Waals surface area contributed by atoms with Crippen LogP contribution in [0.4, 0.5) is 18.9 Å². The topological polar surface area (TPSA) is 162 Å². The second-order valence-corrected chi connectivity index (χ2v) is 15.6. The van der Waals surface area contributed by atoms with Crippen molar-refractivity contribution in [1.82, 2.24) is 3.53 Å². The van der Waals surface area contributed by atoms with Crippen molar-refractivity contribution < 1.29 is 72.7 Å². The van der Waals surface area contributed by atoms with Gasteiger partial charge in [0.2, 0.25) is 0 Å². The summed E-state index contributed by atoms with van der Waals surface area (Å²) in [5.41, 5.74) is -0.552. The van der Waals surface area contributed by atoms with E-state index in [9.17, 15) is 46.5 Å². The van der Waals surface area contributed by atoms with Gasteiger partial charge >= 0.3 is 218 Å². The van der Waals surface area contributed by atoms with E-state index < -0.39 is 99.6 Å². The fraction of sp³-hybridized carbons (Fsp3) is 0.440. The second kappa shape index (κ2) is 11.2. The van der Waals surface area contributed by atoms with Gasteiger partial charge < -0.3 is 0 Å². The predicted octanol–water partition coefficient (Wildman–Crippen LogP) is -1.49. The van der Waals surface area contributed by atoms with Crippen LogP contribution in [0.15, 0.2) is 35.2 Å². The number of sulfone groups is 1. The van der Waals surface area contributed by atoms with Gasteiger partial charge in [0.25, 0.3) is 0 Å². The Kier molecular flexibility index (Phi) is 8.34. The van der Waals surface area contributed by atoms with Crippen molar-refractivity contribution >= 4 is 38.9 Å². The molecule has 3 saturated carbocycles. The Morgan fingerprint density at radius 3 is 2.27 bits per heavy atom. The molecule has 2 bridgehead atoms. The Hall–Kier alpha value is -2.02. The number of halogens is 5. The molecule has 224 valence electrons. The molecule has 0 spiro atoms. The van der Waals surface area contributed by atoms with Crippen molar-refractivity contribution in [2.45, 2.75) is 51.3 Å². The van der Waals surface area contributed by atoms with Crippen LogP contribution in [0, 0.1) is 29.3 Å². The summed E-state index contributed by atoms with van der Waals surface area (Å²) in [4.78, 5) is 24.8. The van der Waals surface area contributed by atoms with E-state index in [0.717, 1.165) is 6.07 Å². The van der Waals surface area contributed by atoms with Gasteiger partial charge in [-0.2, -0.15) is 0 Å². The van der Waals surface area contributed by atoms with Crippen LogP contribution in [-0.2, 0) is 19.4 Å². The molecule has 0 aromatic heterocycles. The van der Waals surface area contributed by atoms with Gasteiger partial charge in [0.05, 0.1) is 0 Å². The van der Waals surface area contributed by atoms with Crippen LogP contribution in [0.25, 0.3) is 0 Å². The van der Waals surface area contributed by atoms with Crippen molar-refractivity contribution in [3.8, 4) is 0 Å². The number of nitrogens with one attached hydrogen (secondary N) is 2. The summed E-state index contributed by atoms with van der Waals surface area (Å²) in [6.07, 6.45) is -3.12. The van der Waals surface area contributed by atoms with Gasteiger partial charge in [0, 0.05) is 0 Å². The average molecular weight is 732 g/mol. The number of aliphatic hydroxyl groups excluding tert-OH is 2. The van der Waals surface area contributed by atoms with Gasteiger partial charge in [-0.15, -0.1) is 0 Å². The Morgan fingerprint density at radius 1 is 1.05 bits per heavy atom. The third kappa shape index (κ3) is 5.57. The number of hydrogen-bond acceptors (Lipinski definition) is 8. The second-order valence-electron chi connectivity index (χ2n) is 10.2. The molecule has 1 heterocycles. The number of benzene rings is 2. The molecule has 4 fully saturated rings. The fourth-order valence-corrected chi connectivity index (χ4v) is 10.7. The zero-order valence-corrected chi connectivity index (χ0v) is 24.6. The summed E-state index contributed by atoms with van der Waals surface area (Å²) in [6.45, 7) is -0.193. The van der Waals surface area contributed by atoms with Gasteiger partial charge in [0.15, 0.2) is 17.5 Å². The Bertz CT molecular complexity index is 1480. The third-order valence-corrected chi connectivity index (χ3v) is 13.8. The molecule has 2 unspecified atom stereocenters. The molecule has 10 nitrogen and oxygen atoms in total. The van der Waals surface area contributed by atoms with E-state index in [1.54, 1.807) is 0 Å². The molecular weight excluding hydrogens is 708 g/mol. The molecule has 2 aromatic rings. The minimum atomic E-state index is -4.10. The van der Waals surface area contributed by atoms with Gasteiger partial charge in [-0.25, -0.2) is 13.2 Å². The number of hydrogen-bond donors (Lipinski definition) is 5. The number of carbonyl (C=O) groups is 2. The number of anilines is 1. The average Bonchev–Trinajstić information content (AvgIpc) is 3.27. The van der Waals surface area contributed by atoms with Gasteiger partial charge in [0.1, 0.15) is 0 Å². The van der Waals surface area contributed by atoms with Gasteiger partial charge in [-0.05, 0) is 0 Å². The van der Waals surface area contributed by atoms with Crippen LogP contribution in [0.1, 0.15) is 29.6 Å². The van der Waals surface area contributed by atoms with E-state index in [-0.39, 0.29) is 40.6 Å². The molecule has 16 heteroatoms. The first kappa shape index (κ1) is 30.4. The van der Waals surface area contributed by atoms with E-state index in [4.69, 9.17) is 16.3 Å². The van der Waals surface area contributed by atoms with Crippen molar-refractivity contribution in [1.29, 1.82) is 0 Å². The molecule has 4 aliphatic rings. The number of amides is 2. The number of ether oxygens (including phenoxy) is 1. The number of alkyl halides is 1. The Morgan fingerprint density at radius 2 is 1.68 bits per heavy atom. The third-order valence-electron chi connectivity index (χ3n) is 7.69. The molecule has 6 rings (SSSR count). The molecule has 5 atom stereocenters. The Labute approximate surface area is 247 Å². The first-order valence-electron chi connectivity index (χ1n) is 12.4. The number of rotatable bonds is 7. The first-order chi connectivity index (χ1) is 19.2. The number of fused-ring (bicyclic) bond motifs is 2. The zero-order valence-electron chi connectivity index (χ0n) is 20.9. The molecule has 2 aromatic carbocycles. The first-order valence-corrected chi connectivity index (χ1v) is 16.4. The molecule has 3 aliphatic carbocycles. The van der Waals surface area contributed by atoms with Crippen LogP contribution in [0.5, 0.6) is 0 Å². The van der Waals surface area contributed by atoms with E-state index in [1.165, 1.54) is 12.1 Å². The molecule has 2 amide bonds. The van der Waals surface area contributed by atoms with Crippen LogP contribution >= 0.6 is 11.6 Å². The van der Waals surface area contributed by atoms with Crippen LogP contribution in [-0.4, -0.2) is 69.3 Å². The van der Waals surface area contributed by atoms with Crippen LogP contribution < -0.4 is 30.3 Å². The van der Waals surface area contributed by atoms with Gasteiger partial charge in [-0.1, -0.05) is 0 Å². The number of carbonyl (C=O) groups excluding carboxylic acids is 2. The van der Waals surface area contributed by atoms with Gasteiger partial charge in [-0.3, -0.25) is 0 Å². The molecular formula is C25H24ClF3IN2O8S-. The van der Waals surface area contributed by atoms with E-state index in [1.807, 2.05) is 0 Å². The quantitative estimate of drug-likeness (QED) is 0.0997. The standard InChI is InChI=1S/C25H24ClF3IN2O8S/c26-15-2-1-10(23(35)31-13-7-16(27)20(29)17(28)8-13)3-19(15)41(38,39)14-5-11-4-12(6-14)25(11,37)30-32-24(36)22-21(34)18(33)9-40-22/h1-3,7-8,11-12,14,18,21-22,33-34,37H,4-6,9H2,(H,31,35)(H,32,36)/q-1/t11?,12?,14?,18-,21-,22-,25?/m0/s1. The molecule has 0 radical (unpaired) electrons. The van der Waals surface area contributed by atoms with Crippen molar-refractivity contribution in [3.05, 3.63) is 58.4 Å². The summed E-state index contributed by atoms with van der Waals surface area (Å²) in [5, 5.41) is 31.8.